The van der Waals surface area contributed by atoms with Crippen LogP contribution >= 0.6 is 11.6 Å². The number of nitrogens with one attached hydrogen (secondary N) is 1. The summed E-state index contributed by atoms with van der Waals surface area (Å²) in [6, 6.07) is 14.8. The van der Waals surface area contributed by atoms with Crippen LogP contribution in [-0.2, 0) is 24.1 Å². The Balaban J connectivity index is 1.21. The highest BCUT2D eigenvalue weighted by Crippen LogP contribution is 2.39. The Hall–Kier alpha value is -4.82. The molecule has 1 aromatic heterocycles. The van der Waals surface area contributed by atoms with Gasteiger partial charge in [0, 0.05) is 55.6 Å². The van der Waals surface area contributed by atoms with Crippen LogP contribution in [0.1, 0.15) is 51.1 Å². The van der Waals surface area contributed by atoms with Crippen LogP contribution in [0.25, 0.3) is 23.3 Å². The second kappa shape index (κ2) is 16.0. The third-order valence-electron chi connectivity index (χ3n) is 9.49. The summed E-state index contributed by atoms with van der Waals surface area (Å²) in [5.74, 6) is -2.69. The lowest BCUT2D eigenvalue weighted by molar-refractivity contribution is -0.141. The number of hydrogen-bond donors (Lipinski definition) is 3. The number of rotatable bonds is 11. The minimum absolute atomic E-state index is 0.0632. The molecule has 2 aliphatic heterocycles. The number of carboxylic acid groups (broad SMARTS) is 1. The number of anilines is 1. The molecule has 0 spiro atoms. The number of β-amino-alcohol motifs (C(OH)–C–C–N with tert-alkyl or cyclic N) is 1. The Morgan fingerprint density at radius 2 is 1.70 bits per heavy atom. The predicted octanol–water partition coefficient (Wildman–Crippen LogP) is 7.46. The van der Waals surface area contributed by atoms with Gasteiger partial charge in [0.2, 0.25) is 0 Å². The quantitative estimate of drug-likeness (QED) is 0.107. The second-order valence-corrected chi connectivity index (χ2v) is 13.6. The van der Waals surface area contributed by atoms with Gasteiger partial charge in [-0.3, -0.25) is 24.4 Å². The van der Waals surface area contributed by atoms with Crippen molar-refractivity contribution in [3.8, 4) is 16.9 Å². The number of amides is 1. The molecule has 0 saturated carbocycles. The number of aromatic nitrogens is 1. The van der Waals surface area contributed by atoms with Gasteiger partial charge in [0.05, 0.1) is 35.4 Å². The first-order valence-corrected chi connectivity index (χ1v) is 17.3. The van der Waals surface area contributed by atoms with Gasteiger partial charge in [0.25, 0.3) is 5.91 Å². The van der Waals surface area contributed by atoms with Crippen molar-refractivity contribution in [2.24, 2.45) is 5.92 Å². The number of aliphatic hydroxyl groups excluding tert-OH is 1. The highest BCUT2D eigenvalue weighted by Gasteiger charge is 2.35. The van der Waals surface area contributed by atoms with E-state index >= 15 is 4.39 Å². The molecular weight excluding hydrogens is 716 g/mol. The first-order chi connectivity index (χ1) is 25.3. The average Bonchev–Trinajstić information content (AvgIpc) is 3.77. The number of aliphatic carboxylic acids is 1. The predicted molar refractivity (Wildman–Crippen MR) is 193 cm³/mol. The van der Waals surface area contributed by atoms with Gasteiger partial charge in [0.15, 0.2) is 5.82 Å². The first-order valence-electron chi connectivity index (χ1n) is 17.0. The number of ether oxygens (including phenoxy) is 1. The lowest BCUT2D eigenvalue weighted by atomic mass is 9.98. The lowest BCUT2D eigenvalue weighted by Crippen LogP contribution is -2.23. The Labute approximate surface area is 308 Å². The van der Waals surface area contributed by atoms with E-state index in [-0.39, 0.29) is 63.6 Å². The van der Waals surface area contributed by atoms with Gasteiger partial charge in [-0.1, -0.05) is 60.2 Å². The number of pyridine rings is 1. The zero-order valence-corrected chi connectivity index (χ0v) is 29.4. The molecular formula is C39H37ClF4N4O5. The van der Waals surface area contributed by atoms with Crippen LogP contribution in [0, 0.1) is 11.7 Å². The van der Waals surface area contributed by atoms with Crippen LogP contribution < -0.4 is 10.1 Å². The smallest absolute Gasteiger partial charge is 0.417 e. The molecule has 3 N–H and O–H groups in total. The summed E-state index contributed by atoms with van der Waals surface area (Å²) in [6.45, 7) is 2.67. The van der Waals surface area contributed by atoms with Crippen molar-refractivity contribution in [1.29, 1.82) is 0 Å². The summed E-state index contributed by atoms with van der Waals surface area (Å²) in [4.78, 5) is 32.5. The van der Waals surface area contributed by atoms with Gasteiger partial charge in [-0.25, -0.2) is 4.39 Å². The number of aliphatic hydroxyl groups is 1. The maximum absolute atomic E-state index is 15.9. The van der Waals surface area contributed by atoms with Crippen LogP contribution in [0.2, 0.25) is 5.02 Å². The third kappa shape index (κ3) is 8.87. The summed E-state index contributed by atoms with van der Waals surface area (Å²) in [6.07, 6.45) is 0.277. The van der Waals surface area contributed by atoms with Gasteiger partial charge in [-0.15, -0.1) is 0 Å². The molecule has 2 fully saturated rings. The summed E-state index contributed by atoms with van der Waals surface area (Å²) in [7, 11) is 1.35. The number of benzene rings is 3. The average molecular weight is 753 g/mol. The Morgan fingerprint density at radius 1 is 0.981 bits per heavy atom. The van der Waals surface area contributed by atoms with Crippen molar-refractivity contribution >= 4 is 41.3 Å². The van der Waals surface area contributed by atoms with E-state index in [4.69, 9.17) is 16.3 Å². The SMILES string of the molecule is COc1cc(/C=C/c2cccc(-c3cccc(NC(=O)c4ccc(CN5CC[C@@H](O)C5)cn4)c3F)c2Cl)c(C(F)(F)F)cc1CN1CC[C@@H](C(=O)O)C1. The number of nitrogens with zero attached hydrogens (tertiary/aromatic N) is 3. The Kier molecular flexibility index (Phi) is 11.5. The molecule has 9 nitrogen and oxygen atoms in total. The van der Waals surface area contributed by atoms with Crippen LogP contribution in [-0.4, -0.2) is 76.3 Å². The fourth-order valence-corrected chi connectivity index (χ4v) is 7.00. The second-order valence-electron chi connectivity index (χ2n) is 13.2. The molecule has 6 rings (SSSR count). The molecule has 3 heterocycles. The van der Waals surface area contributed by atoms with Crippen LogP contribution in [0.3, 0.4) is 0 Å². The van der Waals surface area contributed by atoms with E-state index in [1.54, 1.807) is 47.5 Å². The van der Waals surface area contributed by atoms with E-state index < -0.39 is 35.4 Å². The lowest BCUT2D eigenvalue weighted by Gasteiger charge is -2.20. The monoisotopic (exact) mass is 752 g/mol. The molecule has 14 heteroatoms. The van der Waals surface area contributed by atoms with Crippen molar-refractivity contribution in [2.75, 3.05) is 38.6 Å². The highest BCUT2D eigenvalue weighted by atomic mass is 35.5. The molecule has 3 aromatic carbocycles. The fraction of sp³-hybridized carbons (Fsp3) is 0.308. The van der Waals surface area contributed by atoms with Crippen LogP contribution in [0.15, 0.2) is 66.9 Å². The molecule has 0 bridgehead atoms. The molecule has 2 atom stereocenters. The standard InChI is InChI=1S/C39H37ClF4N4O5/c1-53-34-17-25(31(39(42,43)44)16-27(34)21-48-14-12-26(20-48)38(51)52)10-9-24-4-2-5-29(35(24)40)30-6-3-7-32(36(30)41)46-37(50)33-11-8-23(18-45-33)19-47-15-13-28(49)22-47/h2-11,16-18,26,28,49H,12-15,19-22H2,1H3,(H,46,50)(H,51,52)/b10-9+/t26-,28-/m1/s1. The van der Waals surface area contributed by atoms with Crippen molar-refractivity contribution in [3.05, 3.63) is 111 Å². The van der Waals surface area contributed by atoms with Gasteiger partial charge in [-0.2, -0.15) is 13.2 Å². The number of carboxylic acids is 1. The van der Waals surface area contributed by atoms with E-state index in [1.807, 2.05) is 0 Å². The van der Waals surface area contributed by atoms with E-state index in [2.05, 4.69) is 15.2 Å². The van der Waals surface area contributed by atoms with E-state index in [1.165, 1.54) is 37.5 Å². The number of carbonyl (C=O) groups excluding carboxylic acids is 1. The van der Waals surface area contributed by atoms with Crippen molar-refractivity contribution < 1.29 is 42.1 Å². The number of hydrogen-bond acceptors (Lipinski definition) is 7. The van der Waals surface area contributed by atoms with E-state index in [9.17, 15) is 33.0 Å². The van der Waals surface area contributed by atoms with Crippen molar-refractivity contribution in [1.82, 2.24) is 14.8 Å². The number of likely N-dealkylation sites (tertiary alicyclic amines) is 2. The number of carbonyl (C=O) groups is 2. The Morgan fingerprint density at radius 3 is 2.36 bits per heavy atom. The van der Waals surface area contributed by atoms with Gasteiger partial charge < -0.3 is 20.3 Å². The minimum atomic E-state index is -4.72. The topological polar surface area (TPSA) is 115 Å². The first kappa shape index (κ1) is 37.9. The fourth-order valence-electron chi connectivity index (χ4n) is 6.71. The molecule has 53 heavy (non-hydrogen) atoms. The molecule has 278 valence electrons. The van der Waals surface area contributed by atoms with E-state index in [0.29, 0.717) is 38.0 Å². The summed E-state index contributed by atoms with van der Waals surface area (Å²) in [5.41, 5.74) is 0.655. The van der Waals surface area contributed by atoms with Gasteiger partial charge >= 0.3 is 12.1 Å². The van der Waals surface area contributed by atoms with Gasteiger partial charge in [-0.05, 0) is 60.3 Å². The van der Waals surface area contributed by atoms with Crippen molar-refractivity contribution in [2.45, 2.75) is 38.2 Å². The van der Waals surface area contributed by atoms with Crippen LogP contribution in [0.5, 0.6) is 5.75 Å². The summed E-state index contributed by atoms with van der Waals surface area (Å²) < 4.78 is 64.4. The molecule has 1 amide bonds. The maximum Gasteiger partial charge on any atom is 0.417 e. The molecule has 2 aliphatic rings. The molecule has 4 aromatic rings. The number of alkyl halides is 3. The summed E-state index contributed by atoms with van der Waals surface area (Å²) in [5, 5.41) is 21.7. The largest absolute Gasteiger partial charge is 0.496 e. The zero-order valence-electron chi connectivity index (χ0n) is 28.7. The normalized spacial score (nSPS) is 18.2. The minimum Gasteiger partial charge on any atom is -0.496 e. The van der Waals surface area contributed by atoms with Gasteiger partial charge in [0.1, 0.15) is 11.4 Å². The molecule has 0 unspecified atom stereocenters. The number of halogens is 5. The Bertz CT molecular complexity index is 2020. The van der Waals surface area contributed by atoms with E-state index in [0.717, 1.165) is 18.2 Å². The molecule has 0 radical (unpaired) electrons. The zero-order chi connectivity index (χ0) is 37.9. The molecule has 2 saturated heterocycles. The summed E-state index contributed by atoms with van der Waals surface area (Å²) >= 11 is 6.73. The number of methoxy groups -OCH3 is 1. The van der Waals surface area contributed by atoms with Crippen molar-refractivity contribution in [3.63, 3.8) is 0 Å². The maximum atomic E-state index is 15.9. The third-order valence-corrected chi connectivity index (χ3v) is 9.91. The molecule has 0 aliphatic carbocycles. The van der Waals surface area contributed by atoms with Crippen LogP contribution in [0.4, 0.5) is 23.2 Å². The highest BCUT2D eigenvalue weighted by molar-refractivity contribution is 6.35.